The van der Waals surface area contributed by atoms with Gasteiger partial charge < -0.3 is 9.80 Å². The Hall–Kier alpha value is -6.90. The van der Waals surface area contributed by atoms with E-state index in [1.807, 2.05) is 0 Å². The van der Waals surface area contributed by atoms with E-state index in [2.05, 4.69) is 240 Å². The Morgan fingerprint density at radius 1 is 0.327 bits per heavy atom. The molecule has 8 rings (SSSR count). The number of nitrogens with zero attached hydrogens (tertiary/aromatic N) is 2. The van der Waals surface area contributed by atoms with Crippen LogP contribution < -0.4 is 9.80 Å². The van der Waals surface area contributed by atoms with Gasteiger partial charge in [0.1, 0.15) is 0 Å². The average Bonchev–Trinajstić information content (AvgIpc) is 3.22. The lowest BCUT2D eigenvalue weighted by atomic mass is 9.99. The molecule has 0 fully saturated rings. The van der Waals surface area contributed by atoms with Crippen LogP contribution in [0.5, 0.6) is 0 Å². The number of anilines is 5. The van der Waals surface area contributed by atoms with Gasteiger partial charge in [0.15, 0.2) is 0 Å². The van der Waals surface area contributed by atoms with E-state index in [0.29, 0.717) is 0 Å². The highest BCUT2D eigenvalue weighted by Gasteiger charge is 2.17. The summed E-state index contributed by atoms with van der Waals surface area (Å²) in [5, 5.41) is 2.40. The third kappa shape index (κ3) is 7.33. The maximum Gasteiger partial charge on any atom is 0.0540 e. The zero-order chi connectivity index (χ0) is 35.0. The largest absolute Gasteiger partial charge is 0.311 e. The Kier molecular flexibility index (Phi) is 9.53. The first-order chi connectivity index (χ1) is 25.8. The molecule has 0 spiro atoms. The van der Waals surface area contributed by atoms with E-state index in [1.54, 1.807) is 0 Å². The minimum absolute atomic E-state index is 1.11. The van der Waals surface area contributed by atoms with Gasteiger partial charge in [-0.2, -0.15) is 0 Å². The molecule has 0 aliphatic rings. The quantitative estimate of drug-likeness (QED) is 0.134. The van der Waals surface area contributed by atoms with Gasteiger partial charge in [-0.25, -0.2) is 0 Å². The van der Waals surface area contributed by atoms with Gasteiger partial charge in [0.25, 0.3) is 0 Å². The van der Waals surface area contributed by atoms with Crippen molar-refractivity contribution in [3.05, 3.63) is 235 Å². The third-order valence-electron chi connectivity index (χ3n) is 9.18. The molecule has 0 saturated carbocycles. The molecule has 0 atom stereocenters. The van der Waals surface area contributed by atoms with Gasteiger partial charge in [0, 0.05) is 28.4 Å². The smallest absolute Gasteiger partial charge is 0.0540 e. The summed E-state index contributed by atoms with van der Waals surface area (Å²) in [6, 6.07) is 75.0. The van der Waals surface area contributed by atoms with E-state index in [-0.39, 0.29) is 0 Å². The lowest BCUT2D eigenvalue weighted by molar-refractivity contribution is 1.28. The molecule has 0 bridgehead atoms. The SMILES string of the molecule is C(=C\c1ccc2cc(/C(=C\c3ccccc3)N(c3ccccc3)c3ccccc3)ccc2c1)/c1ccc(N(c2ccccc2)c2ccccc2)cc1. The second-order valence-electron chi connectivity index (χ2n) is 12.7. The normalized spacial score (nSPS) is 11.5. The van der Waals surface area contributed by atoms with E-state index in [0.717, 1.165) is 56.4 Å². The lowest BCUT2D eigenvalue weighted by Crippen LogP contribution is -2.15. The molecule has 0 radical (unpaired) electrons. The Morgan fingerprint density at radius 2 is 0.750 bits per heavy atom. The van der Waals surface area contributed by atoms with Crippen LogP contribution in [0.2, 0.25) is 0 Å². The molecule has 248 valence electrons. The predicted molar refractivity (Wildman–Crippen MR) is 223 cm³/mol. The molecular weight excluding hydrogens is 629 g/mol. The molecule has 8 aromatic carbocycles. The van der Waals surface area contributed by atoms with E-state index in [1.165, 1.54) is 10.8 Å². The molecule has 0 heterocycles. The minimum Gasteiger partial charge on any atom is -0.311 e. The van der Waals surface area contributed by atoms with E-state index in [9.17, 15) is 0 Å². The van der Waals surface area contributed by atoms with Gasteiger partial charge in [-0.05, 0) is 112 Å². The summed E-state index contributed by atoms with van der Waals surface area (Å²) in [4.78, 5) is 4.62. The summed E-state index contributed by atoms with van der Waals surface area (Å²) in [7, 11) is 0. The summed E-state index contributed by atoms with van der Waals surface area (Å²) < 4.78 is 0. The van der Waals surface area contributed by atoms with Gasteiger partial charge in [-0.3, -0.25) is 0 Å². The van der Waals surface area contributed by atoms with Crippen LogP contribution in [0.3, 0.4) is 0 Å². The Labute approximate surface area is 306 Å². The van der Waals surface area contributed by atoms with Crippen molar-refractivity contribution in [2.45, 2.75) is 0 Å². The summed E-state index contributed by atoms with van der Waals surface area (Å²) >= 11 is 0. The highest BCUT2D eigenvalue weighted by molar-refractivity contribution is 5.98. The molecule has 52 heavy (non-hydrogen) atoms. The van der Waals surface area contributed by atoms with Gasteiger partial charge in [-0.15, -0.1) is 0 Å². The maximum atomic E-state index is 2.34. The highest BCUT2D eigenvalue weighted by Crippen LogP contribution is 2.37. The number of benzene rings is 8. The summed E-state index contributed by atoms with van der Waals surface area (Å²) in [6.07, 6.45) is 6.66. The fraction of sp³-hybridized carbons (Fsp3) is 0. The molecule has 0 amide bonds. The van der Waals surface area contributed by atoms with Crippen LogP contribution in [0.4, 0.5) is 28.4 Å². The number of fused-ring (bicyclic) bond motifs is 1. The Morgan fingerprint density at radius 3 is 1.31 bits per heavy atom. The molecule has 2 nitrogen and oxygen atoms in total. The van der Waals surface area contributed by atoms with Gasteiger partial charge >= 0.3 is 0 Å². The number of hydrogen-bond donors (Lipinski definition) is 0. The molecule has 0 aliphatic heterocycles. The van der Waals surface area contributed by atoms with Gasteiger partial charge in [0.05, 0.1) is 5.70 Å². The zero-order valence-electron chi connectivity index (χ0n) is 28.8. The number of rotatable bonds is 10. The molecule has 2 heteroatoms. The van der Waals surface area contributed by atoms with E-state index >= 15 is 0 Å². The Balaban J connectivity index is 1.09. The summed E-state index contributed by atoms with van der Waals surface area (Å²) in [5.74, 6) is 0. The monoisotopic (exact) mass is 666 g/mol. The first kappa shape index (κ1) is 32.3. The van der Waals surface area contributed by atoms with Crippen LogP contribution >= 0.6 is 0 Å². The van der Waals surface area contributed by atoms with Gasteiger partial charge in [0.2, 0.25) is 0 Å². The second kappa shape index (κ2) is 15.3. The van der Waals surface area contributed by atoms with Crippen molar-refractivity contribution in [2.75, 3.05) is 9.80 Å². The van der Waals surface area contributed by atoms with Crippen molar-refractivity contribution in [2.24, 2.45) is 0 Å². The van der Waals surface area contributed by atoms with Crippen molar-refractivity contribution in [1.29, 1.82) is 0 Å². The first-order valence-corrected chi connectivity index (χ1v) is 17.7. The van der Waals surface area contributed by atoms with Crippen molar-refractivity contribution >= 4 is 63.1 Å². The van der Waals surface area contributed by atoms with Crippen LogP contribution in [0.15, 0.2) is 212 Å². The topological polar surface area (TPSA) is 6.48 Å². The lowest BCUT2D eigenvalue weighted by Gasteiger charge is -2.28. The van der Waals surface area contributed by atoms with Crippen LogP contribution in [0, 0.1) is 0 Å². The average molecular weight is 667 g/mol. The van der Waals surface area contributed by atoms with Crippen LogP contribution in [-0.2, 0) is 0 Å². The van der Waals surface area contributed by atoms with Crippen LogP contribution in [0.25, 0.3) is 34.7 Å². The maximum absolute atomic E-state index is 2.34. The van der Waals surface area contributed by atoms with Crippen molar-refractivity contribution in [3.8, 4) is 0 Å². The Bertz CT molecular complexity index is 2340. The first-order valence-electron chi connectivity index (χ1n) is 17.7. The minimum atomic E-state index is 1.11. The zero-order valence-corrected chi connectivity index (χ0v) is 28.8. The molecule has 0 saturated heterocycles. The van der Waals surface area contributed by atoms with Crippen LogP contribution in [0.1, 0.15) is 22.3 Å². The fourth-order valence-electron chi connectivity index (χ4n) is 6.62. The molecular formula is C50H38N2. The van der Waals surface area contributed by atoms with E-state index < -0.39 is 0 Å². The van der Waals surface area contributed by atoms with Gasteiger partial charge in [-0.1, -0.05) is 152 Å². The number of hydrogen-bond acceptors (Lipinski definition) is 2. The van der Waals surface area contributed by atoms with E-state index in [4.69, 9.17) is 0 Å². The molecule has 0 N–H and O–H groups in total. The second-order valence-corrected chi connectivity index (χ2v) is 12.7. The summed E-state index contributed by atoms with van der Waals surface area (Å²) in [6.45, 7) is 0. The van der Waals surface area contributed by atoms with Crippen molar-refractivity contribution in [3.63, 3.8) is 0 Å². The molecule has 8 aromatic rings. The summed E-state index contributed by atoms with van der Waals surface area (Å²) in [5.41, 5.74) is 11.3. The molecule has 0 aliphatic carbocycles. The van der Waals surface area contributed by atoms with Crippen LogP contribution in [-0.4, -0.2) is 0 Å². The molecule has 0 unspecified atom stereocenters. The standard InChI is InChI=1S/C50H38N2/c1-6-16-40(17-7-1)37-50(52(47-22-12-4-13-23-47)48-24-14-5-15-25-48)44-33-32-42-36-41(28-31-43(42)38-44)27-26-39-29-34-49(35-30-39)51(45-18-8-2-9-19-45)46-20-10-3-11-21-46/h1-38H/b27-26+,50-37+. The predicted octanol–water partition coefficient (Wildman–Crippen LogP) is 13.8. The number of para-hydroxylation sites is 4. The third-order valence-corrected chi connectivity index (χ3v) is 9.18. The highest BCUT2D eigenvalue weighted by atomic mass is 15.2. The van der Waals surface area contributed by atoms with Crippen molar-refractivity contribution < 1.29 is 0 Å². The molecule has 0 aromatic heterocycles. The van der Waals surface area contributed by atoms with Crippen molar-refractivity contribution in [1.82, 2.24) is 0 Å². The fourth-order valence-corrected chi connectivity index (χ4v) is 6.62.